The molecule has 1 saturated heterocycles. The minimum atomic E-state index is -4.62. The van der Waals surface area contributed by atoms with Gasteiger partial charge in [-0.3, -0.25) is 14.4 Å². The van der Waals surface area contributed by atoms with Gasteiger partial charge in [0.25, 0.3) is 11.5 Å². The molecule has 1 fully saturated rings. The highest BCUT2D eigenvalue weighted by Gasteiger charge is 2.50. The number of hydrogen-bond acceptors (Lipinski definition) is 9. The summed E-state index contributed by atoms with van der Waals surface area (Å²) < 4.78 is 54.2. The lowest BCUT2D eigenvalue weighted by atomic mass is 9.85. The molecule has 3 aliphatic heterocycles. The molecule has 2 amide bonds. The van der Waals surface area contributed by atoms with Gasteiger partial charge in [-0.1, -0.05) is 17.7 Å². The molecule has 0 saturated carbocycles. The number of carbonyl (C=O) groups is 2. The number of anilines is 1. The molecule has 262 valence electrons. The molecule has 0 unspecified atom stereocenters. The van der Waals surface area contributed by atoms with Crippen LogP contribution in [0.4, 0.5) is 18.9 Å². The Morgan fingerprint density at radius 2 is 1.92 bits per heavy atom. The number of piperidine rings is 1. The van der Waals surface area contributed by atoms with Crippen molar-refractivity contribution in [2.45, 2.75) is 57.5 Å². The summed E-state index contributed by atoms with van der Waals surface area (Å²) in [4.78, 5) is 51.6. The first-order chi connectivity index (χ1) is 23.8. The summed E-state index contributed by atoms with van der Waals surface area (Å²) in [5.74, 6) is -0.967. The molecule has 1 spiro atoms. The van der Waals surface area contributed by atoms with Crippen molar-refractivity contribution in [3.8, 4) is 5.75 Å². The smallest absolute Gasteiger partial charge is 0.416 e. The summed E-state index contributed by atoms with van der Waals surface area (Å²) in [6, 6.07) is 5.63. The Labute approximate surface area is 287 Å². The Bertz CT molecular complexity index is 2140. The second kappa shape index (κ2) is 12.5. The first kappa shape index (κ1) is 33.7. The number of nitrogens with one attached hydrogen (secondary N) is 1. The monoisotopic (exact) mass is 713 g/mol. The average Bonchev–Trinajstić information content (AvgIpc) is 3.65. The summed E-state index contributed by atoms with van der Waals surface area (Å²) in [7, 11) is 0. The zero-order valence-corrected chi connectivity index (χ0v) is 27.6. The van der Waals surface area contributed by atoms with Gasteiger partial charge in [-0.25, -0.2) is 4.98 Å². The Balaban J connectivity index is 1.26. The van der Waals surface area contributed by atoms with E-state index < -0.39 is 47.4 Å². The Morgan fingerprint density at radius 1 is 1.16 bits per heavy atom. The van der Waals surface area contributed by atoms with Crippen LogP contribution in [0.2, 0.25) is 5.02 Å². The number of aromatic nitrogens is 5. The maximum Gasteiger partial charge on any atom is 0.416 e. The van der Waals surface area contributed by atoms with Gasteiger partial charge in [0.2, 0.25) is 11.7 Å². The molecule has 3 aromatic heterocycles. The van der Waals surface area contributed by atoms with Gasteiger partial charge in [-0.2, -0.15) is 22.7 Å². The molecule has 1 aromatic carbocycles. The molecule has 50 heavy (non-hydrogen) atoms. The largest absolute Gasteiger partial charge is 0.505 e. The number of carbonyl (C=O) groups excluding carboxylic acids is 2. The fourth-order valence-corrected chi connectivity index (χ4v) is 7.05. The number of halogens is 4. The van der Waals surface area contributed by atoms with Crippen LogP contribution in [0.3, 0.4) is 0 Å². The number of likely N-dealkylation sites (tertiary alicyclic amines) is 1. The maximum atomic E-state index is 14.3. The number of ether oxygens (including phenoxy) is 2. The molecular weight excluding hydrogens is 683 g/mol. The first-order valence-electron chi connectivity index (χ1n) is 15.9. The fraction of sp³-hybridized carbons (Fsp3) is 0.394. The lowest BCUT2D eigenvalue weighted by Gasteiger charge is -2.39. The second-order valence-corrected chi connectivity index (χ2v) is 12.9. The van der Waals surface area contributed by atoms with Crippen LogP contribution in [0.25, 0.3) is 11.4 Å². The van der Waals surface area contributed by atoms with Crippen LogP contribution >= 0.6 is 11.6 Å². The van der Waals surface area contributed by atoms with Crippen molar-refractivity contribution in [2.75, 3.05) is 31.6 Å². The molecule has 7 rings (SSSR count). The van der Waals surface area contributed by atoms with Crippen molar-refractivity contribution in [3.63, 3.8) is 0 Å². The Hall–Kier alpha value is -4.80. The molecular formula is C33H31ClF3N7O6. The number of aryl methyl sites for hydroxylation is 1. The van der Waals surface area contributed by atoms with E-state index in [-0.39, 0.29) is 59.4 Å². The summed E-state index contributed by atoms with van der Waals surface area (Å²) >= 11 is 6.12. The standard InChI is InChI=1S/C33H31ClF3N7O6/c1-17-3-6-23(45)26(38-17)30(48)42-11-9-32(10-12-42)25-27(18(2)50-32)43(16-24(46)39-22-5-4-20(15-21(22)34)33(35,36)37)31-40-28(41-44(31)29(25)47)19-7-13-49-14-8-19/h3-7,15,18,45H,8-14,16H2,1-2H3,(H,39,46)/t18-/m1/s1. The minimum Gasteiger partial charge on any atom is -0.505 e. The second-order valence-electron chi connectivity index (χ2n) is 12.5. The molecule has 0 radical (unpaired) electrons. The lowest BCUT2D eigenvalue weighted by molar-refractivity contribution is -0.137. The molecule has 13 nitrogen and oxygen atoms in total. The number of fused-ring (bicyclic) bond motifs is 3. The van der Waals surface area contributed by atoms with Gasteiger partial charge in [0.1, 0.15) is 17.9 Å². The number of nitrogens with zero attached hydrogens (tertiary/aromatic N) is 6. The van der Waals surface area contributed by atoms with Gasteiger partial charge in [-0.05, 0) is 69.0 Å². The SMILES string of the molecule is Cc1ccc(O)c(C(=O)N2CCC3(CC2)O[C@H](C)c2c3c(=O)n3nc(C4=CCOCC4)nc3n2CC(=O)Nc2ccc(C(F)(F)F)cc2Cl)n1. The van der Waals surface area contributed by atoms with Crippen molar-refractivity contribution >= 4 is 40.5 Å². The zero-order chi connectivity index (χ0) is 35.5. The van der Waals surface area contributed by atoms with Crippen LogP contribution in [0, 0.1) is 6.92 Å². The number of aromatic hydroxyl groups is 1. The van der Waals surface area contributed by atoms with E-state index in [1.807, 2.05) is 6.08 Å². The van der Waals surface area contributed by atoms with Gasteiger partial charge in [0.05, 0.1) is 46.8 Å². The van der Waals surface area contributed by atoms with Crippen LogP contribution in [-0.4, -0.2) is 72.3 Å². The zero-order valence-electron chi connectivity index (χ0n) is 26.9. The summed E-state index contributed by atoms with van der Waals surface area (Å²) in [5, 5.41) is 17.1. The third-order valence-corrected chi connectivity index (χ3v) is 9.54. The van der Waals surface area contributed by atoms with Gasteiger partial charge < -0.3 is 29.4 Å². The number of pyridine rings is 1. The predicted octanol–water partition coefficient (Wildman–Crippen LogP) is 4.64. The third kappa shape index (κ3) is 5.90. The lowest BCUT2D eigenvalue weighted by Crippen LogP contribution is -2.47. The summed E-state index contributed by atoms with van der Waals surface area (Å²) in [6.07, 6.45) is -2.54. The van der Waals surface area contributed by atoms with E-state index in [1.165, 1.54) is 10.6 Å². The molecule has 0 bridgehead atoms. The Kier molecular flexibility index (Phi) is 8.43. The number of amides is 2. The van der Waals surface area contributed by atoms with Gasteiger partial charge >= 0.3 is 6.18 Å². The normalized spacial score (nSPS) is 18.7. The number of hydrogen-bond donors (Lipinski definition) is 2. The molecule has 2 N–H and O–H groups in total. The molecule has 1 atom stereocenters. The van der Waals surface area contributed by atoms with Gasteiger partial charge in [0, 0.05) is 18.8 Å². The third-order valence-electron chi connectivity index (χ3n) is 9.22. The van der Waals surface area contributed by atoms with E-state index in [0.29, 0.717) is 36.8 Å². The van der Waals surface area contributed by atoms with E-state index in [4.69, 9.17) is 21.1 Å². The molecule has 0 aliphatic carbocycles. The quantitative estimate of drug-likeness (QED) is 0.301. The van der Waals surface area contributed by atoms with Gasteiger partial charge in [0.15, 0.2) is 11.5 Å². The van der Waals surface area contributed by atoms with E-state index >= 15 is 0 Å². The van der Waals surface area contributed by atoms with Crippen molar-refractivity contribution < 1.29 is 37.3 Å². The molecule has 4 aromatic rings. The predicted molar refractivity (Wildman–Crippen MR) is 173 cm³/mol. The molecule has 6 heterocycles. The highest BCUT2D eigenvalue weighted by molar-refractivity contribution is 6.33. The molecule has 17 heteroatoms. The van der Waals surface area contributed by atoms with E-state index in [9.17, 15) is 32.7 Å². The summed E-state index contributed by atoms with van der Waals surface area (Å²) in [6.45, 7) is 4.20. The Morgan fingerprint density at radius 3 is 2.60 bits per heavy atom. The highest BCUT2D eigenvalue weighted by atomic mass is 35.5. The van der Waals surface area contributed by atoms with E-state index in [1.54, 1.807) is 24.8 Å². The minimum absolute atomic E-state index is 0.0279. The highest BCUT2D eigenvalue weighted by Crippen LogP contribution is 2.48. The van der Waals surface area contributed by atoms with Crippen molar-refractivity contribution in [3.05, 3.63) is 85.8 Å². The van der Waals surface area contributed by atoms with Crippen LogP contribution < -0.4 is 10.9 Å². The number of rotatable bonds is 5. The van der Waals surface area contributed by atoms with Crippen LogP contribution in [0.5, 0.6) is 5.75 Å². The van der Waals surface area contributed by atoms with Crippen LogP contribution in [0.1, 0.15) is 71.1 Å². The first-order valence-corrected chi connectivity index (χ1v) is 16.2. The number of alkyl halides is 3. The van der Waals surface area contributed by atoms with E-state index in [2.05, 4.69) is 20.4 Å². The van der Waals surface area contributed by atoms with Gasteiger partial charge in [-0.15, -0.1) is 5.10 Å². The topological polar surface area (TPSA) is 153 Å². The number of benzene rings is 1. The van der Waals surface area contributed by atoms with Crippen molar-refractivity contribution in [1.29, 1.82) is 0 Å². The van der Waals surface area contributed by atoms with E-state index in [0.717, 1.165) is 28.3 Å². The van der Waals surface area contributed by atoms with Crippen LogP contribution in [0.15, 0.2) is 41.2 Å². The molecule has 3 aliphatic rings. The van der Waals surface area contributed by atoms with Crippen molar-refractivity contribution in [2.24, 2.45) is 0 Å². The average molecular weight is 714 g/mol. The summed E-state index contributed by atoms with van der Waals surface area (Å²) in [5.41, 5.74) is -0.667. The van der Waals surface area contributed by atoms with Crippen LogP contribution in [-0.2, 0) is 32.6 Å². The van der Waals surface area contributed by atoms with Crippen molar-refractivity contribution in [1.82, 2.24) is 29.0 Å². The maximum absolute atomic E-state index is 14.3. The fourth-order valence-electron chi connectivity index (χ4n) is 6.82.